The highest BCUT2D eigenvalue weighted by atomic mass is 16.3. The summed E-state index contributed by atoms with van der Waals surface area (Å²) in [7, 11) is 0. The van der Waals surface area contributed by atoms with Crippen LogP contribution in [-0.2, 0) is 0 Å². The fourth-order valence-corrected chi connectivity index (χ4v) is 1.52. The van der Waals surface area contributed by atoms with Gasteiger partial charge in [-0.1, -0.05) is 0 Å². The van der Waals surface area contributed by atoms with E-state index in [9.17, 15) is 5.11 Å². The number of aromatic nitrogens is 3. The van der Waals surface area contributed by atoms with E-state index in [0.29, 0.717) is 5.82 Å². The standard InChI is InChI=1S/C12H14N4O/c1-8-6-10(9-2-4-14-5-3-9)16-12(15-8)11(17)7-13/h2-6,11,17H,7,13H2,1H3. The number of nitrogens with zero attached hydrogens (tertiary/aromatic N) is 3. The van der Waals surface area contributed by atoms with Crippen LogP contribution in [0.3, 0.4) is 0 Å². The van der Waals surface area contributed by atoms with Crippen molar-refractivity contribution in [2.45, 2.75) is 13.0 Å². The number of hydrogen-bond donors (Lipinski definition) is 2. The van der Waals surface area contributed by atoms with Crippen molar-refractivity contribution in [3.63, 3.8) is 0 Å². The topological polar surface area (TPSA) is 84.9 Å². The van der Waals surface area contributed by atoms with E-state index in [4.69, 9.17) is 5.73 Å². The van der Waals surface area contributed by atoms with Gasteiger partial charge in [0.15, 0.2) is 5.82 Å². The van der Waals surface area contributed by atoms with Gasteiger partial charge in [0.25, 0.3) is 0 Å². The predicted molar refractivity (Wildman–Crippen MR) is 64.0 cm³/mol. The number of nitrogens with two attached hydrogens (primary N) is 1. The van der Waals surface area contributed by atoms with Gasteiger partial charge in [0.2, 0.25) is 0 Å². The summed E-state index contributed by atoms with van der Waals surface area (Å²) in [4.78, 5) is 12.4. The van der Waals surface area contributed by atoms with Crippen molar-refractivity contribution < 1.29 is 5.11 Å². The number of aryl methyl sites for hydroxylation is 1. The molecule has 1 unspecified atom stereocenters. The highest BCUT2D eigenvalue weighted by Crippen LogP contribution is 2.18. The van der Waals surface area contributed by atoms with E-state index in [1.54, 1.807) is 12.4 Å². The molecule has 5 nitrogen and oxygen atoms in total. The molecule has 1 atom stereocenters. The van der Waals surface area contributed by atoms with E-state index in [1.807, 2.05) is 25.1 Å². The number of aliphatic hydroxyl groups excluding tert-OH is 1. The quantitative estimate of drug-likeness (QED) is 0.816. The molecule has 3 N–H and O–H groups in total. The van der Waals surface area contributed by atoms with Crippen LogP contribution in [0.2, 0.25) is 0 Å². The average molecular weight is 230 g/mol. The first-order valence-corrected chi connectivity index (χ1v) is 5.35. The first-order chi connectivity index (χ1) is 8.20. The minimum absolute atomic E-state index is 0.110. The van der Waals surface area contributed by atoms with Crippen molar-refractivity contribution in [2.75, 3.05) is 6.54 Å². The summed E-state index contributed by atoms with van der Waals surface area (Å²) in [5.74, 6) is 0.360. The Labute approximate surface area is 99.4 Å². The van der Waals surface area contributed by atoms with Crippen LogP contribution < -0.4 is 5.73 Å². The molecule has 0 aliphatic carbocycles. The van der Waals surface area contributed by atoms with Crippen LogP contribution in [0.1, 0.15) is 17.6 Å². The number of hydrogen-bond acceptors (Lipinski definition) is 5. The molecule has 88 valence electrons. The summed E-state index contributed by atoms with van der Waals surface area (Å²) in [5.41, 5.74) is 7.91. The van der Waals surface area contributed by atoms with E-state index in [2.05, 4.69) is 15.0 Å². The van der Waals surface area contributed by atoms with Gasteiger partial charge in [-0.05, 0) is 25.1 Å². The molecule has 0 spiro atoms. The second kappa shape index (κ2) is 4.99. The zero-order valence-corrected chi connectivity index (χ0v) is 9.54. The Morgan fingerprint density at radius 3 is 2.65 bits per heavy atom. The zero-order valence-electron chi connectivity index (χ0n) is 9.54. The fourth-order valence-electron chi connectivity index (χ4n) is 1.52. The Morgan fingerprint density at radius 2 is 2.00 bits per heavy atom. The summed E-state index contributed by atoms with van der Waals surface area (Å²) < 4.78 is 0. The monoisotopic (exact) mass is 230 g/mol. The SMILES string of the molecule is Cc1cc(-c2ccncc2)nc(C(O)CN)n1. The molecular formula is C12H14N4O. The Hall–Kier alpha value is -1.85. The predicted octanol–water partition coefficient (Wildman–Crippen LogP) is 0.839. The molecule has 2 aromatic heterocycles. The lowest BCUT2D eigenvalue weighted by atomic mass is 10.1. The molecule has 2 aromatic rings. The van der Waals surface area contributed by atoms with Gasteiger partial charge in [-0.2, -0.15) is 0 Å². The van der Waals surface area contributed by atoms with Crippen molar-refractivity contribution in [2.24, 2.45) is 5.73 Å². The first-order valence-electron chi connectivity index (χ1n) is 5.35. The largest absolute Gasteiger partial charge is 0.384 e. The molecule has 2 rings (SSSR count). The van der Waals surface area contributed by atoms with Crippen molar-refractivity contribution in [1.82, 2.24) is 15.0 Å². The minimum Gasteiger partial charge on any atom is -0.384 e. The van der Waals surface area contributed by atoms with E-state index in [-0.39, 0.29) is 6.54 Å². The van der Waals surface area contributed by atoms with Crippen LogP contribution in [-0.4, -0.2) is 26.6 Å². The van der Waals surface area contributed by atoms with Gasteiger partial charge in [-0.15, -0.1) is 0 Å². The maximum absolute atomic E-state index is 9.66. The van der Waals surface area contributed by atoms with Crippen LogP contribution in [0.15, 0.2) is 30.6 Å². The lowest BCUT2D eigenvalue weighted by Gasteiger charge is -2.09. The van der Waals surface area contributed by atoms with Crippen LogP contribution in [0.25, 0.3) is 11.3 Å². The Bertz CT molecular complexity index is 501. The summed E-state index contributed by atoms with van der Waals surface area (Å²) in [5, 5.41) is 9.66. The molecule has 0 fully saturated rings. The summed E-state index contributed by atoms with van der Waals surface area (Å²) >= 11 is 0. The third-order valence-corrected chi connectivity index (χ3v) is 2.37. The molecular weight excluding hydrogens is 216 g/mol. The first kappa shape index (κ1) is 11.6. The van der Waals surface area contributed by atoms with Gasteiger partial charge in [0.05, 0.1) is 5.69 Å². The zero-order chi connectivity index (χ0) is 12.3. The average Bonchev–Trinajstić information content (AvgIpc) is 2.38. The van der Waals surface area contributed by atoms with Crippen molar-refractivity contribution in [1.29, 1.82) is 0 Å². The lowest BCUT2D eigenvalue weighted by molar-refractivity contribution is 0.176. The van der Waals surface area contributed by atoms with E-state index in [0.717, 1.165) is 17.0 Å². The second-order valence-electron chi connectivity index (χ2n) is 3.74. The summed E-state index contributed by atoms with van der Waals surface area (Å²) in [6.07, 6.45) is 2.58. The Morgan fingerprint density at radius 1 is 1.29 bits per heavy atom. The number of rotatable bonds is 3. The van der Waals surface area contributed by atoms with Crippen LogP contribution >= 0.6 is 0 Å². The molecule has 17 heavy (non-hydrogen) atoms. The van der Waals surface area contributed by atoms with Gasteiger partial charge in [0.1, 0.15) is 6.10 Å². The molecule has 2 heterocycles. The number of aliphatic hydroxyl groups is 1. The minimum atomic E-state index is -0.824. The Balaban J connectivity index is 2.45. The van der Waals surface area contributed by atoms with Gasteiger partial charge >= 0.3 is 0 Å². The highest BCUT2D eigenvalue weighted by Gasteiger charge is 2.11. The van der Waals surface area contributed by atoms with Crippen molar-refractivity contribution in [3.8, 4) is 11.3 Å². The highest BCUT2D eigenvalue weighted by molar-refractivity contribution is 5.58. The molecule has 0 amide bonds. The number of pyridine rings is 1. The summed E-state index contributed by atoms with van der Waals surface area (Å²) in [6, 6.07) is 5.59. The van der Waals surface area contributed by atoms with Gasteiger partial charge in [0, 0.05) is 30.2 Å². The third-order valence-electron chi connectivity index (χ3n) is 2.37. The van der Waals surface area contributed by atoms with Gasteiger partial charge in [-0.25, -0.2) is 9.97 Å². The molecule has 0 radical (unpaired) electrons. The van der Waals surface area contributed by atoms with E-state index < -0.39 is 6.10 Å². The van der Waals surface area contributed by atoms with E-state index in [1.165, 1.54) is 0 Å². The smallest absolute Gasteiger partial charge is 0.159 e. The molecule has 0 aromatic carbocycles. The maximum atomic E-state index is 9.66. The lowest BCUT2D eigenvalue weighted by Crippen LogP contribution is -2.15. The van der Waals surface area contributed by atoms with Crippen molar-refractivity contribution in [3.05, 3.63) is 42.1 Å². The van der Waals surface area contributed by atoms with Crippen LogP contribution in [0.5, 0.6) is 0 Å². The van der Waals surface area contributed by atoms with Crippen LogP contribution in [0, 0.1) is 6.92 Å². The normalized spacial score (nSPS) is 12.4. The fraction of sp³-hybridized carbons (Fsp3) is 0.250. The molecule has 0 bridgehead atoms. The van der Waals surface area contributed by atoms with Gasteiger partial charge < -0.3 is 10.8 Å². The molecule has 0 saturated heterocycles. The maximum Gasteiger partial charge on any atom is 0.159 e. The van der Waals surface area contributed by atoms with Crippen molar-refractivity contribution >= 4 is 0 Å². The van der Waals surface area contributed by atoms with Crippen LogP contribution in [0.4, 0.5) is 0 Å². The second-order valence-corrected chi connectivity index (χ2v) is 3.74. The van der Waals surface area contributed by atoms with Gasteiger partial charge in [-0.3, -0.25) is 4.98 Å². The molecule has 0 aliphatic heterocycles. The molecule has 0 saturated carbocycles. The third kappa shape index (κ3) is 2.64. The molecule has 0 aliphatic rings. The van der Waals surface area contributed by atoms with E-state index >= 15 is 0 Å². The Kier molecular flexibility index (Phi) is 3.41. The molecule has 5 heteroatoms. The summed E-state index contributed by atoms with van der Waals surface area (Å²) in [6.45, 7) is 1.97.